The third-order valence-corrected chi connectivity index (χ3v) is 4.55. The van der Waals surface area contributed by atoms with Gasteiger partial charge in [0.1, 0.15) is 6.04 Å². The van der Waals surface area contributed by atoms with Crippen molar-refractivity contribution in [3.63, 3.8) is 0 Å². The Kier molecular flexibility index (Phi) is 3.95. The lowest BCUT2D eigenvalue weighted by Gasteiger charge is -2.11. The van der Waals surface area contributed by atoms with Gasteiger partial charge >= 0.3 is 0 Å². The van der Waals surface area contributed by atoms with Crippen molar-refractivity contribution in [2.75, 3.05) is 5.32 Å². The molecule has 4 rings (SSSR count). The highest BCUT2D eigenvalue weighted by Gasteiger charge is 2.30. The summed E-state index contributed by atoms with van der Waals surface area (Å²) in [5, 5.41) is 8.24. The molecule has 0 saturated carbocycles. The molecule has 0 radical (unpaired) electrons. The van der Waals surface area contributed by atoms with Crippen LogP contribution < -0.4 is 16.2 Å². The van der Waals surface area contributed by atoms with Gasteiger partial charge in [-0.05, 0) is 25.0 Å². The van der Waals surface area contributed by atoms with Gasteiger partial charge in [-0.3, -0.25) is 9.48 Å². The number of nitrogens with zero attached hydrogens (tertiary/aromatic N) is 3. The normalized spacial score (nSPS) is 20.1. The van der Waals surface area contributed by atoms with Crippen LogP contribution in [-0.4, -0.2) is 26.7 Å². The van der Waals surface area contributed by atoms with Gasteiger partial charge in [0.15, 0.2) is 5.65 Å². The summed E-state index contributed by atoms with van der Waals surface area (Å²) < 4.78 is 1.74. The number of aromatic nitrogens is 3. The molecule has 1 aliphatic rings. The van der Waals surface area contributed by atoms with Crippen molar-refractivity contribution in [2.24, 2.45) is 7.05 Å². The Hall–Kier alpha value is -2.77. The minimum Gasteiger partial charge on any atom is -0.323 e. The fraction of sp³-hybridized carbons (Fsp3) is 0.278. The van der Waals surface area contributed by atoms with E-state index < -0.39 is 0 Å². The fourth-order valence-electron chi connectivity index (χ4n) is 3.24. The average Bonchev–Trinajstić information content (AvgIpc) is 3.22. The molecule has 0 aliphatic carbocycles. The molecule has 1 fully saturated rings. The Morgan fingerprint density at radius 3 is 2.88 bits per heavy atom. The van der Waals surface area contributed by atoms with Gasteiger partial charge in [0.25, 0.3) is 0 Å². The number of amides is 1. The van der Waals surface area contributed by atoms with Gasteiger partial charge in [-0.2, -0.15) is 5.10 Å². The Labute approximate surface area is 145 Å². The Morgan fingerprint density at radius 2 is 2.08 bits per heavy atom. The molecule has 1 aliphatic heterocycles. The second-order valence-electron chi connectivity index (χ2n) is 6.33. The predicted molar refractivity (Wildman–Crippen MR) is 95.7 cm³/mol. The van der Waals surface area contributed by atoms with Crippen molar-refractivity contribution in [1.29, 1.82) is 0 Å². The molecule has 3 heterocycles. The van der Waals surface area contributed by atoms with Crippen LogP contribution in [0.3, 0.4) is 0 Å². The Bertz CT molecular complexity index is 920. The first kappa shape index (κ1) is 15.7. The maximum atomic E-state index is 12.6. The summed E-state index contributed by atoms with van der Waals surface area (Å²) in [6.45, 7) is 1.93. The van der Waals surface area contributed by atoms with E-state index in [4.69, 9.17) is 0 Å². The number of hydrazine groups is 1. The van der Waals surface area contributed by atoms with E-state index in [1.165, 1.54) is 5.56 Å². The van der Waals surface area contributed by atoms with E-state index in [2.05, 4.69) is 38.4 Å². The highest BCUT2D eigenvalue weighted by atomic mass is 16.2. The smallest absolute Gasteiger partial charge is 0.242 e. The Balaban J connectivity index is 1.46. The molecule has 0 spiro atoms. The first-order chi connectivity index (χ1) is 12.1. The van der Waals surface area contributed by atoms with E-state index in [1.54, 1.807) is 10.9 Å². The minimum atomic E-state index is -0.295. The largest absolute Gasteiger partial charge is 0.323 e. The molecule has 3 N–H and O–H groups in total. The summed E-state index contributed by atoms with van der Waals surface area (Å²) in [6.07, 6.45) is 2.36. The number of carbonyl (C=O) groups excluding carboxylic acids is 1. The molecular formula is C18H20N6O. The number of rotatable bonds is 3. The van der Waals surface area contributed by atoms with Gasteiger partial charge < -0.3 is 5.32 Å². The highest BCUT2D eigenvalue weighted by molar-refractivity contribution is 5.96. The average molecular weight is 336 g/mol. The van der Waals surface area contributed by atoms with Gasteiger partial charge in [0.2, 0.25) is 5.91 Å². The first-order valence-electron chi connectivity index (χ1n) is 8.28. The zero-order valence-electron chi connectivity index (χ0n) is 14.2. The lowest BCUT2D eigenvalue weighted by molar-refractivity contribution is -0.117. The van der Waals surface area contributed by atoms with E-state index in [9.17, 15) is 4.79 Å². The second-order valence-corrected chi connectivity index (χ2v) is 6.33. The maximum absolute atomic E-state index is 12.6. The quantitative estimate of drug-likeness (QED) is 0.679. The number of hydrogen-bond acceptors (Lipinski definition) is 5. The molecule has 2 unspecified atom stereocenters. The Morgan fingerprint density at radius 1 is 1.28 bits per heavy atom. The molecule has 2 atom stereocenters. The van der Waals surface area contributed by atoms with Gasteiger partial charge in [-0.25, -0.2) is 15.8 Å². The zero-order valence-corrected chi connectivity index (χ0v) is 14.2. The van der Waals surface area contributed by atoms with E-state index in [1.807, 2.05) is 38.2 Å². The van der Waals surface area contributed by atoms with Gasteiger partial charge in [-0.1, -0.05) is 30.3 Å². The van der Waals surface area contributed by atoms with E-state index in [-0.39, 0.29) is 18.0 Å². The number of carbonyl (C=O) groups is 1. The van der Waals surface area contributed by atoms with Crippen molar-refractivity contribution < 1.29 is 4.79 Å². The number of benzene rings is 1. The maximum Gasteiger partial charge on any atom is 0.242 e. The summed E-state index contributed by atoms with van der Waals surface area (Å²) in [5.74, 6) is -0.0753. The van der Waals surface area contributed by atoms with Crippen molar-refractivity contribution in [2.45, 2.75) is 25.4 Å². The summed E-state index contributed by atoms with van der Waals surface area (Å²) >= 11 is 0. The van der Waals surface area contributed by atoms with E-state index in [0.29, 0.717) is 12.1 Å². The van der Waals surface area contributed by atoms with Gasteiger partial charge in [0, 0.05) is 18.5 Å². The summed E-state index contributed by atoms with van der Waals surface area (Å²) in [6, 6.07) is 11.8. The number of hydrogen-bond donors (Lipinski definition) is 3. The SMILES string of the molecule is Cc1nn(C)c2ncc(NC(=O)C3CC(c4ccccc4)NN3)cc12. The standard InChI is InChI=1S/C18H20N6O/c1-11-14-8-13(10-19-17(14)24(2)23-11)20-18(25)16-9-15(21-22-16)12-6-4-3-5-7-12/h3-8,10,15-16,21-22H,9H2,1-2H3,(H,20,25). The molecule has 2 aromatic heterocycles. The molecule has 1 amide bonds. The molecule has 7 nitrogen and oxygen atoms in total. The van der Waals surface area contributed by atoms with Crippen LogP contribution in [0.4, 0.5) is 5.69 Å². The molecular weight excluding hydrogens is 316 g/mol. The molecule has 25 heavy (non-hydrogen) atoms. The molecule has 0 bridgehead atoms. The lowest BCUT2D eigenvalue weighted by atomic mass is 10.0. The van der Waals surface area contributed by atoms with Crippen LogP contribution in [0.1, 0.15) is 23.7 Å². The molecule has 7 heteroatoms. The van der Waals surface area contributed by atoms with Crippen molar-refractivity contribution >= 4 is 22.6 Å². The van der Waals surface area contributed by atoms with Crippen LogP contribution in [-0.2, 0) is 11.8 Å². The number of fused-ring (bicyclic) bond motifs is 1. The lowest BCUT2D eigenvalue weighted by Crippen LogP contribution is -2.39. The fourth-order valence-corrected chi connectivity index (χ4v) is 3.24. The third-order valence-electron chi connectivity index (χ3n) is 4.55. The monoisotopic (exact) mass is 336 g/mol. The molecule has 1 aromatic carbocycles. The van der Waals surface area contributed by atoms with Crippen LogP contribution in [0.25, 0.3) is 11.0 Å². The third kappa shape index (κ3) is 2.99. The van der Waals surface area contributed by atoms with Crippen LogP contribution in [0.5, 0.6) is 0 Å². The second kappa shape index (κ2) is 6.27. The molecule has 1 saturated heterocycles. The number of nitrogens with one attached hydrogen (secondary N) is 3. The van der Waals surface area contributed by atoms with Crippen LogP contribution in [0.15, 0.2) is 42.6 Å². The van der Waals surface area contributed by atoms with Crippen molar-refractivity contribution in [1.82, 2.24) is 25.6 Å². The van der Waals surface area contributed by atoms with Crippen LogP contribution in [0, 0.1) is 6.92 Å². The van der Waals surface area contributed by atoms with E-state index in [0.717, 1.165) is 16.7 Å². The van der Waals surface area contributed by atoms with Crippen LogP contribution >= 0.6 is 0 Å². The predicted octanol–water partition coefficient (Wildman–Crippen LogP) is 1.82. The van der Waals surface area contributed by atoms with E-state index >= 15 is 0 Å². The minimum absolute atomic E-state index is 0.0753. The number of anilines is 1. The van der Waals surface area contributed by atoms with Gasteiger partial charge in [0.05, 0.1) is 17.6 Å². The van der Waals surface area contributed by atoms with Crippen molar-refractivity contribution in [3.8, 4) is 0 Å². The summed E-state index contributed by atoms with van der Waals surface area (Å²) in [4.78, 5) is 16.9. The summed E-state index contributed by atoms with van der Waals surface area (Å²) in [5.41, 5.74) is 9.82. The molecule has 128 valence electrons. The number of pyridine rings is 1. The first-order valence-corrected chi connectivity index (χ1v) is 8.28. The van der Waals surface area contributed by atoms with Crippen LogP contribution in [0.2, 0.25) is 0 Å². The highest BCUT2D eigenvalue weighted by Crippen LogP contribution is 2.23. The number of aryl methyl sites for hydroxylation is 2. The topological polar surface area (TPSA) is 83.9 Å². The van der Waals surface area contributed by atoms with Crippen molar-refractivity contribution in [3.05, 3.63) is 53.9 Å². The summed E-state index contributed by atoms with van der Waals surface area (Å²) in [7, 11) is 1.86. The molecule has 3 aromatic rings. The zero-order chi connectivity index (χ0) is 17.4. The van der Waals surface area contributed by atoms with Gasteiger partial charge in [-0.15, -0.1) is 0 Å².